The van der Waals surface area contributed by atoms with E-state index in [4.69, 9.17) is 32.7 Å². The standard InChI is InChI=1S/C25H23Cl2NO3S2/c1-30-19-9-13(5-7-18(19)31-11-15-4-6-16(26)10-17(15)27)21-20-12-2-3-14(8-12)22(20)32-24-23(21)33-25(29)28-24/h4-7,9-10,12,14,20-22H,2-3,8,11H2,1H3,(H,28,29)/t12?,14?,20?,21-,22?/m1/s1. The number of methoxy groups -OCH3 is 1. The molecule has 1 aliphatic heterocycles. The predicted octanol–water partition coefficient (Wildman–Crippen LogP) is 6.98. The zero-order valence-electron chi connectivity index (χ0n) is 18.0. The number of nitrogens with one attached hydrogen (secondary N) is 1. The number of H-pyrrole nitrogens is 1. The first kappa shape index (κ1) is 21.9. The summed E-state index contributed by atoms with van der Waals surface area (Å²) in [6.45, 7) is 0.323. The summed E-state index contributed by atoms with van der Waals surface area (Å²) in [6.07, 6.45) is 3.94. The first-order valence-electron chi connectivity index (χ1n) is 11.2. The molecule has 0 spiro atoms. The third-order valence-electron chi connectivity index (χ3n) is 7.41. The average molecular weight is 521 g/mol. The summed E-state index contributed by atoms with van der Waals surface area (Å²) >= 11 is 15.6. The zero-order valence-corrected chi connectivity index (χ0v) is 21.1. The molecule has 2 heterocycles. The Morgan fingerprint density at radius 3 is 2.76 bits per heavy atom. The maximum Gasteiger partial charge on any atom is 0.305 e. The van der Waals surface area contributed by atoms with Gasteiger partial charge in [0.25, 0.3) is 0 Å². The van der Waals surface area contributed by atoms with Gasteiger partial charge in [-0.15, -0.1) is 11.8 Å². The van der Waals surface area contributed by atoms with Crippen molar-refractivity contribution < 1.29 is 9.47 Å². The van der Waals surface area contributed by atoms with Gasteiger partial charge >= 0.3 is 4.87 Å². The third kappa shape index (κ3) is 3.79. The van der Waals surface area contributed by atoms with E-state index in [1.807, 2.05) is 23.9 Å². The van der Waals surface area contributed by atoms with Gasteiger partial charge in [-0.2, -0.15) is 0 Å². The highest BCUT2D eigenvalue weighted by Gasteiger charge is 2.54. The van der Waals surface area contributed by atoms with E-state index in [0.717, 1.165) is 22.4 Å². The number of aromatic amines is 1. The Labute approximate surface area is 210 Å². The molecule has 5 atom stereocenters. The summed E-state index contributed by atoms with van der Waals surface area (Å²) < 4.78 is 11.8. The number of ether oxygens (including phenoxy) is 2. The highest BCUT2D eigenvalue weighted by atomic mass is 35.5. The Morgan fingerprint density at radius 2 is 1.94 bits per heavy atom. The van der Waals surface area contributed by atoms with Crippen molar-refractivity contribution >= 4 is 46.3 Å². The Kier molecular flexibility index (Phi) is 5.68. The van der Waals surface area contributed by atoms with Crippen molar-refractivity contribution in [2.45, 2.75) is 42.1 Å². The van der Waals surface area contributed by atoms with Crippen molar-refractivity contribution in [2.75, 3.05) is 7.11 Å². The first-order chi connectivity index (χ1) is 16.0. The average Bonchev–Trinajstić information content (AvgIpc) is 3.51. The normalized spacial score (nSPS) is 27.3. The predicted molar refractivity (Wildman–Crippen MR) is 135 cm³/mol. The molecule has 2 aromatic carbocycles. The van der Waals surface area contributed by atoms with Gasteiger partial charge in [-0.05, 0) is 66.8 Å². The van der Waals surface area contributed by atoms with E-state index in [1.165, 1.54) is 41.0 Å². The molecule has 2 bridgehead atoms. The van der Waals surface area contributed by atoms with Gasteiger partial charge in [0, 0.05) is 31.7 Å². The molecule has 172 valence electrons. The molecule has 4 unspecified atom stereocenters. The molecule has 1 aromatic heterocycles. The number of hydrogen-bond acceptors (Lipinski definition) is 5. The van der Waals surface area contributed by atoms with Crippen LogP contribution >= 0.6 is 46.3 Å². The van der Waals surface area contributed by atoms with Crippen LogP contribution < -0.4 is 14.3 Å². The van der Waals surface area contributed by atoms with Crippen LogP contribution in [0.2, 0.25) is 10.0 Å². The number of rotatable bonds is 5. The SMILES string of the molecule is COc1cc([C@H]2c3sc(=O)[nH]c3SC3C4CCC(C4)C32)ccc1OCc1ccc(Cl)cc1Cl. The van der Waals surface area contributed by atoms with E-state index in [-0.39, 0.29) is 10.8 Å². The lowest BCUT2D eigenvalue weighted by Crippen LogP contribution is -2.33. The molecule has 3 aromatic rings. The summed E-state index contributed by atoms with van der Waals surface area (Å²) in [6, 6.07) is 11.6. The maximum atomic E-state index is 12.3. The highest BCUT2D eigenvalue weighted by molar-refractivity contribution is 8.00. The second-order valence-electron chi connectivity index (χ2n) is 9.11. The fourth-order valence-electron chi connectivity index (χ4n) is 6.01. The van der Waals surface area contributed by atoms with Crippen molar-refractivity contribution in [2.24, 2.45) is 17.8 Å². The second kappa shape index (κ2) is 8.56. The molecule has 2 fully saturated rings. The molecule has 0 radical (unpaired) electrons. The quantitative estimate of drug-likeness (QED) is 0.394. The topological polar surface area (TPSA) is 51.3 Å². The molecule has 2 aliphatic carbocycles. The number of aromatic nitrogens is 1. The van der Waals surface area contributed by atoms with Crippen molar-refractivity contribution in [3.05, 3.63) is 72.1 Å². The van der Waals surface area contributed by atoms with E-state index in [0.29, 0.717) is 39.3 Å². The number of fused-ring (bicyclic) bond motifs is 6. The summed E-state index contributed by atoms with van der Waals surface area (Å²) in [5, 5.41) is 2.83. The maximum absolute atomic E-state index is 12.3. The van der Waals surface area contributed by atoms with Gasteiger partial charge in [-0.25, -0.2) is 0 Å². The van der Waals surface area contributed by atoms with Crippen LogP contribution in [0.5, 0.6) is 11.5 Å². The summed E-state index contributed by atoms with van der Waals surface area (Å²) in [7, 11) is 1.67. The summed E-state index contributed by atoms with van der Waals surface area (Å²) in [4.78, 5) is 16.6. The van der Waals surface area contributed by atoms with Crippen LogP contribution in [-0.4, -0.2) is 17.3 Å². The smallest absolute Gasteiger partial charge is 0.305 e. The molecular weight excluding hydrogens is 497 g/mol. The summed E-state index contributed by atoms with van der Waals surface area (Å²) in [5.41, 5.74) is 2.06. The van der Waals surface area contributed by atoms with Crippen LogP contribution in [0, 0.1) is 17.8 Å². The molecule has 2 saturated carbocycles. The van der Waals surface area contributed by atoms with Gasteiger partial charge in [-0.1, -0.05) is 46.7 Å². The Balaban J connectivity index is 1.33. The number of thioether (sulfide) groups is 1. The molecule has 0 amide bonds. The fourth-order valence-corrected chi connectivity index (χ4v) is 9.37. The summed E-state index contributed by atoms with van der Waals surface area (Å²) in [5.74, 6) is 3.65. The van der Waals surface area contributed by atoms with Crippen LogP contribution in [-0.2, 0) is 6.61 Å². The molecule has 3 aliphatic rings. The molecule has 4 nitrogen and oxygen atoms in total. The number of halogens is 2. The Bertz CT molecular complexity index is 1270. The van der Waals surface area contributed by atoms with E-state index >= 15 is 0 Å². The first-order valence-corrected chi connectivity index (χ1v) is 13.6. The van der Waals surface area contributed by atoms with Crippen molar-refractivity contribution in [1.29, 1.82) is 0 Å². The lowest BCUT2D eigenvalue weighted by atomic mass is 9.75. The van der Waals surface area contributed by atoms with Gasteiger partial charge in [0.05, 0.1) is 12.1 Å². The van der Waals surface area contributed by atoms with Crippen LogP contribution in [0.1, 0.15) is 41.2 Å². The molecule has 6 rings (SSSR count). The van der Waals surface area contributed by atoms with Crippen molar-refractivity contribution in [3.63, 3.8) is 0 Å². The van der Waals surface area contributed by atoms with Crippen LogP contribution in [0.4, 0.5) is 0 Å². The lowest BCUT2D eigenvalue weighted by Gasteiger charge is -2.40. The van der Waals surface area contributed by atoms with Gasteiger partial charge in [0.15, 0.2) is 11.5 Å². The lowest BCUT2D eigenvalue weighted by molar-refractivity contribution is 0.282. The van der Waals surface area contributed by atoms with Crippen LogP contribution in [0.3, 0.4) is 0 Å². The van der Waals surface area contributed by atoms with Gasteiger partial charge in [-0.3, -0.25) is 4.79 Å². The minimum Gasteiger partial charge on any atom is -0.493 e. The third-order valence-corrected chi connectivity index (χ3v) is 10.6. The minimum atomic E-state index is 0.0385. The van der Waals surface area contributed by atoms with Gasteiger partial charge in [0.2, 0.25) is 0 Å². The molecule has 1 N–H and O–H groups in total. The van der Waals surface area contributed by atoms with Gasteiger partial charge < -0.3 is 14.5 Å². The van der Waals surface area contributed by atoms with E-state index in [2.05, 4.69) is 17.1 Å². The van der Waals surface area contributed by atoms with E-state index in [9.17, 15) is 4.79 Å². The second-order valence-corrected chi connectivity index (χ2v) is 12.2. The Morgan fingerprint density at radius 1 is 1.09 bits per heavy atom. The fraction of sp³-hybridized carbons (Fsp3) is 0.400. The molecule has 8 heteroatoms. The number of hydrogen-bond donors (Lipinski definition) is 1. The monoisotopic (exact) mass is 519 g/mol. The zero-order chi connectivity index (χ0) is 22.7. The van der Waals surface area contributed by atoms with Crippen molar-refractivity contribution in [1.82, 2.24) is 4.98 Å². The molecule has 0 saturated heterocycles. The van der Waals surface area contributed by atoms with Crippen LogP contribution in [0.25, 0.3) is 0 Å². The molecular formula is C25H23Cl2NO3S2. The number of benzene rings is 2. The van der Waals surface area contributed by atoms with E-state index < -0.39 is 0 Å². The Hall–Kier alpha value is -1.60. The minimum absolute atomic E-state index is 0.0385. The largest absolute Gasteiger partial charge is 0.493 e. The van der Waals surface area contributed by atoms with E-state index in [1.54, 1.807) is 19.2 Å². The molecule has 33 heavy (non-hydrogen) atoms. The highest BCUT2D eigenvalue weighted by Crippen LogP contribution is 2.63. The van der Waals surface area contributed by atoms with Crippen molar-refractivity contribution in [3.8, 4) is 11.5 Å². The number of thiazole rings is 1. The van der Waals surface area contributed by atoms with Crippen LogP contribution in [0.15, 0.2) is 46.2 Å². The van der Waals surface area contributed by atoms with Gasteiger partial charge in [0.1, 0.15) is 6.61 Å².